The van der Waals surface area contributed by atoms with Gasteiger partial charge in [0, 0.05) is 22.7 Å². The zero-order valence-corrected chi connectivity index (χ0v) is 20.8. The number of thiophene rings is 1. The van der Waals surface area contributed by atoms with E-state index in [4.69, 9.17) is 11.6 Å². The Hall–Kier alpha value is -4.21. The van der Waals surface area contributed by atoms with Crippen LogP contribution in [0.25, 0.3) is 16.6 Å². The fraction of sp³-hybridized carbons (Fsp3) is 0.0741. The molecule has 0 unspecified atom stereocenters. The summed E-state index contributed by atoms with van der Waals surface area (Å²) < 4.78 is 14.8. The molecule has 0 aliphatic carbocycles. The predicted molar refractivity (Wildman–Crippen MR) is 144 cm³/mol. The summed E-state index contributed by atoms with van der Waals surface area (Å²) >= 11 is 7.31. The highest BCUT2D eigenvalue weighted by atomic mass is 35.5. The van der Waals surface area contributed by atoms with Gasteiger partial charge in [0.05, 0.1) is 27.5 Å². The van der Waals surface area contributed by atoms with E-state index in [0.29, 0.717) is 45.3 Å². The molecule has 7 nitrogen and oxygen atoms in total. The lowest BCUT2D eigenvalue weighted by Crippen LogP contribution is -2.33. The van der Waals surface area contributed by atoms with Gasteiger partial charge in [-0.05, 0) is 72.3 Å². The van der Waals surface area contributed by atoms with Crippen LogP contribution in [0.2, 0.25) is 4.34 Å². The van der Waals surface area contributed by atoms with Crippen molar-refractivity contribution in [3.63, 3.8) is 0 Å². The molecule has 0 bridgehead atoms. The van der Waals surface area contributed by atoms with Crippen LogP contribution in [0.5, 0.6) is 0 Å². The minimum absolute atomic E-state index is 0.281. The highest BCUT2D eigenvalue weighted by molar-refractivity contribution is 7.16. The highest BCUT2D eigenvalue weighted by Crippen LogP contribution is 2.21. The standard InChI is InChI=1S/C27H20ClFN4O3S/c28-24-12-10-21(37-24)15-31-25(34)17-3-8-20(9-4-17)33-26(35)22-11-7-19(13-23(22)32-27(33)36)30-14-16-1-5-18(29)6-2-16/h1-13,30H,14-15H2,(H,31,34)(H,32,36). The molecule has 5 aromatic rings. The number of nitrogens with zero attached hydrogens (tertiary/aromatic N) is 1. The van der Waals surface area contributed by atoms with Crippen molar-refractivity contribution in [2.45, 2.75) is 13.1 Å². The van der Waals surface area contributed by atoms with Crippen LogP contribution in [0.3, 0.4) is 0 Å². The number of carbonyl (C=O) groups excluding carboxylic acids is 1. The average molecular weight is 535 g/mol. The SMILES string of the molecule is O=C(NCc1ccc(Cl)s1)c1ccc(-n2c(=O)[nH]c3cc(NCc4ccc(F)cc4)ccc3c2=O)cc1. The molecule has 37 heavy (non-hydrogen) atoms. The van der Waals surface area contributed by atoms with E-state index < -0.39 is 11.2 Å². The van der Waals surface area contributed by atoms with Gasteiger partial charge in [-0.1, -0.05) is 23.7 Å². The van der Waals surface area contributed by atoms with Gasteiger partial charge >= 0.3 is 5.69 Å². The van der Waals surface area contributed by atoms with E-state index >= 15 is 0 Å². The van der Waals surface area contributed by atoms with Gasteiger partial charge in [-0.2, -0.15) is 0 Å². The Balaban J connectivity index is 1.34. The second kappa shape index (κ2) is 10.4. The number of rotatable bonds is 7. The summed E-state index contributed by atoms with van der Waals surface area (Å²) in [6.45, 7) is 0.802. The molecule has 0 atom stereocenters. The minimum Gasteiger partial charge on any atom is -0.381 e. The third kappa shape index (κ3) is 5.47. The number of hydrogen-bond acceptors (Lipinski definition) is 5. The molecule has 0 spiro atoms. The number of amides is 1. The maximum atomic E-state index is 13.2. The Morgan fingerprint density at radius 2 is 1.70 bits per heavy atom. The number of nitrogens with one attached hydrogen (secondary N) is 3. The lowest BCUT2D eigenvalue weighted by Gasteiger charge is -2.10. The minimum atomic E-state index is -0.597. The van der Waals surface area contributed by atoms with E-state index in [9.17, 15) is 18.8 Å². The van der Waals surface area contributed by atoms with Crippen molar-refractivity contribution in [2.75, 3.05) is 5.32 Å². The average Bonchev–Trinajstić information content (AvgIpc) is 3.32. The molecule has 0 saturated heterocycles. The molecule has 3 N–H and O–H groups in total. The summed E-state index contributed by atoms with van der Waals surface area (Å²) in [6.07, 6.45) is 0. The lowest BCUT2D eigenvalue weighted by molar-refractivity contribution is 0.0951. The Bertz CT molecular complexity index is 1710. The number of fused-ring (bicyclic) bond motifs is 1. The van der Waals surface area contributed by atoms with Gasteiger partial charge in [-0.3, -0.25) is 9.59 Å². The summed E-state index contributed by atoms with van der Waals surface area (Å²) in [5.74, 6) is -0.586. The van der Waals surface area contributed by atoms with Crippen LogP contribution in [0.4, 0.5) is 10.1 Å². The molecule has 2 heterocycles. The molecule has 0 aliphatic rings. The van der Waals surface area contributed by atoms with Crippen molar-refractivity contribution in [1.29, 1.82) is 0 Å². The third-order valence-electron chi connectivity index (χ3n) is 5.75. The van der Waals surface area contributed by atoms with Gasteiger partial charge in [0.15, 0.2) is 0 Å². The number of aromatic amines is 1. The van der Waals surface area contributed by atoms with Crippen LogP contribution < -0.4 is 21.9 Å². The summed E-state index contributed by atoms with van der Waals surface area (Å²) in [4.78, 5) is 42.1. The van der Waals surface area contributed by atoms with E-state index in [1.807, 2.05) is 6.07 Å². The number of anilines is 1. The van der Waals surface area contributed by atoms with Crippen molar-refractivity contribution in [3.8, 4) is 5.69 Å². The van der Waals surface area contributed by atoms with E-state index in [-0.39, 0.29) is 11.7 Å². The molecule has 5 rings (SSSR count). The van der Waals surface area contributed by atoms with E-state index in [1.165, 1.54) is 23.5 Å². The number of halogens is 2. The number of H-pyrrole nitrogens is 1. The van der Waals surface area contributed by atoms with E-state index in [1.54, 1.807) is 60.7 Å². The molecule has 0 aliphatic heterocycles. The summed E-state index contributed by atoms with van der Waals surface area (Å²) in [5, 5.41) is 6.35. The maximum Gasteiger partial charge on any atom is 0.333 e. The van der Waals surface area contributed by atoms with Gasteiger partial charge in [0.2, 0.25) is 0 Å². The molecule has 3 aromatic carbocycles. The second-order valence-corrected chi connectivity index (χ2v) is 10.0. The van der Waals surface area contributed by atoms with Crippen LogP contribution in [0.1, 0.15) is 20.8 Å². The Labute approximate surface area is 219 Å². The van der Waals surface area contributed by atoms with Crippen molar-refractivity contribution in [2.24, 2.45) is 0 Å². The quantitative estimate of drug-likeness (QED) is 0.271. The zero-order valence-electron chi connectivity index (χ0n) is 19.3. The monoisotopic (exact) mass is 534 g/mol. The van der Waals surface area contributed by atoms with Gasteiger partial charge in [0.25, 0.3) is 11.5 Å². The van der Waals surface area contributed by atoms with Gasteiger partial charge in [-0.15, -0.1) is 11.3 Å². The van der Waals surface area contributed by atoms with Crippen LogP contribution in [0.15, 0.2) is 88.5 Å². The normalized spacial score (nSPS) is 11.0. The summed E-state index contributed by atoms with van der Waals surface area (Å²) in [5.41, 5.74) is 1.64. The molecule has 186 valence electrons. The first-order chi connectivity index (χ1) is 17.9. The topological polar surface area (TPSA) is 96.0 Å². The molecule has 2 aromatic heterocycles. The molecular formula is C27H20ClFN4O3S. The fourth-order valence-electron chi connectivity index (χ4n) is 3.85. The first kappa shape index (κ1) is 24.5. The largest absolute Gasteiger partial charge is 0.381 e. The van der Waals surface area contributed by atoms with E-state index in [0.717, 1.165) is 15.0 Å². The van der Waals surface area contributed by atoms with Crippen molar-refractivity contribution < 1.29 is 9.18 Å². The van der Waals surface area contributed by atoms with Crippen LogP contribution >= 0.6 is 22.9 Å². The van der Waals surface area contributed by atoms with Crippen molar-refractivity contribution >= 4 is 45.4 Å². The second-order valence-electron chi connectivity index (χ2n) is 8.25. The first-order valence-electron chi connectivity index (χ1n) is 11.3. The summed E-state index contributed by atoms with van der Waals surface area (Å²) in [7, 11) is 0. The number of hydrogen-bond donors (Lipinski definition) is 3. The van der Waals surface area contributed by atoms with Crippen LogP contribution in [-0.4, -0.2) is 15.5 Å². The van der Waals surface area contributed by atoms with Crippen LogP contribution in [-0.2, 0) is 13.1 Å². The van der Waals surface area contributed by atoms with Gasteiger partial charge in [0.1, 0.15) is 5.82 Å². The van der Waals surface area contributed by atoms with Crippen molar-refractivity contribution in [1.82, 2.24) is 14.9 Å². The highest BCUT2D eigenvalue weighted by Gasteiger charge is 2.12. The van der Waals surface area contributed by atoms with Crippen molar-refractivity contribution in [3.05, 3.63) is 126 Å². The van der Waals surface area contributed by atoms with Crippen LogP contribution in [0, 0.1) is 5.82 Å². The number of benzene rings is 3. The van der Waals surface area contributed by atoms with Gasteiger partial charge < -0.3 is 15.6 Å². The third-order valence-corrected chi connectivity index (χ3v) is 6.98. The van der Waals surface area contributed by atoms with Gasteiger partial charge in [-0.25, -0.2) is 13.8 Å². The molecule has 0 saturated carbocycles. The number of carbonyl (C=O) groups is 1. The Kier molecular flexibility index (Phi) is 6.89. The molecule has 0 fully saturated rings. The zero-order chi connectivity index (χ0) is 25.9. The molecule has 10 heteroatoms. The maximum absolute atomic E-state index is 13.2. The fourth-order valence-corrected chi connectivity index (χ4v) is 4.87. The Morgan fingerprint density at radius 1 is 0.946 bits per heavy atom. The Morgan fingerprint density at radius 3 is 2.41 bits per heavy atom. The number of aromatic nitrogens is 2. The first-order valence-corrected chi connectivity index (χ1v) is 12.5. The lowest BCUT2D eigenvalue weighted by atomic mass is 10.1. The predicted octanol–water partition coefficient (Wildman–Crippen LogP) is 5.08. The van der Waals surface area contributed by atoms with E-state index in [2.05, 4.69) is 15.6 Å². The smallest absolute Gasteiger partial charge is 0.333 e. The molecule has 0 radical (unpaired) electrons. The molecule has 1 amide bonds. The molecular weight excluding hydrogens is 515 g/mol. The summed E-state index contributed by atoms with van der Waals surface area (Å²) in [6, 6.07) is 21.0.